The third kappa shape index (κ3) is 6.30. The highest BCUT2D eigenvalue weighted by Crippen LogP contribution is 2.24. The molecule has 2 N–H and O–H groups in total. The van der Waals surface area contributed by atoms with Gasteiger partial charge in [0.15, 0.2) is 0 Å². The first kappa shape index (κ1) is 21.3. The maximum atomic E-state index is 12.6. The first-order valence-electron chi connectivity index (χ1n) is 10.1. The van der Waals surface area contributed by atoms with Crippen molar-refractivity contribution in [1.82, 2.24) is 10.6 Å². The highest BCUT2D eigenvalue weighted by Gasteiger charge is 2.23. The SMILES string of the molecule is COCCCNC(=O)c1ccccc1N1CCC(NC(=O)Cc2cccs2)CC1. The fourth-order valence-corrected chi connectivity index (χ4v) is 4.27. The zero-order chi connectivity index (χ0) is 20.5. The van der Waals surface area contributed by atoms with Gasteiger partial charge in [0.25, 0.3) is 5.91 Å². The van der Waals surface area contributed by atoms with Gasteiger partial charge in [-0.1, -0.05) is 18.2 Å². The average molecular weight is 416 g/mol. The van der Waals surface area contributed by atoms with E-state index in [4.69, 9.17) is 4.74 Å². The quantitative estimate of drug-likeness (QED) is 0.618. The van der Waals surface area contributed by atoms with E-state index in [1.54, 1.807) is 18.4 Å². The number of benzene rings is 1. The molecule has 2 heterocycles. The second-order valence-electron chi connectivity index (χ2n) is 7.20. The van der Waals surface area contributed by atoms with Crippen LogP contribution in [0.1, 0.15) is 34.5 Å². The number of anilines is 1. The standard InChI is InChI=1S/C22H29N3O3S/c1-28-14-5-11-23-22(27)19-7-2-3-8-20(19)25-12-9-17(10-13-25)24-21(26)16-18-6-4-15-29-18/h2-4,6-8,15,17H,5,9-14,16H2,1H3,(H,23,27)(H,24,26). The molecule has 29 heavy (non-hydrogen) atoms. The van der Waals surface area contributed by atoms with Crippen LogP contribution in [0, 0.1) is 0 Å². The van der Waals surface area contributed by atoms with Crippen LogP contribution in [-0.4, -0.2) is 51.2 Å². The topological polar surface area (TPSA) is 70.7 Å². The molecule has 1 aliphatic rings. The summed E-state index contributed by atoms with van der Waals surface area (Å²) in [5.74, 6) is 0.0322. The molecule has 1 saturated heterocycles. The molecule has 7 heteroatoms. The van der Waals surface area contributed by atoms with E-state index in [2.05, 4.69) is 15.5 Å². The number of methoxy groups -OCH3 is 1. The van der Waals surface area contributed by atoms with Crippen molar-refractivity contribution in [2.75, 3.05) is 38.3 Å². The number of hydrogen-bond donors (Lipinski definition) is 2. The summed E-state index contributed by atoms with van der Waals surface area (Å²) in [4.78, 5) is 28.2. The van der Waals surface area contributed by atoms with Crippen LogP contribution < -0.4 is 15.5 Å². The van der Waals surface area contributed by atoms with Gasteiger partial charge in [-0.3, -0.25) is 9.59 Å². The maximum absolute atomic E-state index is 12.6. The summed E-state index contributed by atoms with van der Waals surface area (Å²) >= 11 is 1.61. The van der Waals surface area contributed by atoms with Crippen LogP contribution in [0.4, 0.5) is 5.69 Å². The van der Waals surface area contributed by atoms with E-state index < -0.39 is 0 Å². The lowest BCUT2D eigenvalue weighted by molar-refractivity contribution is -0.121. The number of hydrogen-bond acceptors (Lipinski definition) is 5. The van der Waals surface area contributed by atoms with Crippen LogP contribution in [-0.2, 0) is 16.0 Å². The van der Waals surface area contributed by atoms with Crippen molar-refractivity contribution in [1.29, 1.82) is 0 Å². The second-order valence-corrected chi connectivity index (χ2v) is 8.24. The molecule has 0 unspecified atom stereocenters. The molecule has 0 bridgehead atoms. The molecule has 6 nitrogen and oxygen atoms in total. The van der Waals surface area contributed by atoms with Crippen molar-refractivity contribution in [3.05, 3.63) is 52.2 Å². The van der Waals surface area contributed by atoms with Crippen LogP contribution in [0.2, 0.25) is 0 Å². The van der Waals surface area contributed by atoms with Crippen LogP contribution in [0.3, 0.4) is 0 Å². The lowest BCUT2D eigenvalue weighted by Crippen LogP contribution is -2.45. The van der Waals surface area contributed by atoms with Gasteiger partial charge in [-0.2, -0.15) is 0 Å². The first-order chi connectivity index (χ1) is 14.2. The average Bonchev–Trinajstić information content (AvgIpc) is 3.24. The number of nitrogens with one attached hydrogen (secondary N) is 2. The number of carbonyl (C=O) groups excluding carboxylic acids is 2. The molecule has 0 radical (unpaired) electrons. The van der Waals surface area contributed by atoms with E-state index in [0.717, 1.165) is 42.9 Å². The number of amides is 2. The third-order valence-corrected chi connectivity index (χ3v) is 5.95. The van der Waals surface area contributed by atoms with Gasteiger partial charge in [0.1, 0.15) is 0 Å². The van der Waals surface area contributed by atoms with Crippen LogP contribution in [0.15, 0.2) is 41.8 Å². The zero-order valence-electron chi connectivity index (χ0n) is 16.9. The van der Waals surface area contributed by atoms with Gasteiger partial charge in [-0.05, 0) is 42.8 Å². The Morgan fingerprint density at radius 1 is 1.17 bits per heavy atom. The molecule has 1 aliphatic heterocycles. The van der Waals surface area contributed by atoms with Gasteiger partial charge in [0, 0.05) is 50.0 Å². The molecule has 2 amide bonds. The van der Waals surface area contributed by atoms with Gasteiger partial charge < -0.3 is 20.3 Å². The fourth-order valence-electron chi connectivity index (χ4n) is 3.57. The summed E-state index contributed by atoms with van der Waals surface area (Å²) in [5.41, 5.74) is 1.66. The normalized spacial score (nSPS) is 14.6. The van der Waals surface area contributed by atoms with Crippen molar-refractivity contribution in [3.63, 3.8) is 0 Å². The third-order valence-electron chi connectivity index (χ3n) is 5.08. The minimum Gasteiger partial charge on any atom is -0.385 e. The molecule has 0 aliphatic carbocycles. The summed E-state index contributed by atoms with van der Waals surface area (Å²) in [7, 11) is 1.66. The molecule has 1 aromatic carbocycles. The minimum absolute atomic E-state index is 0.0527. The lowest BCUT2D eigenvalue weighted by Gasteiger charge is -2.35. The number of rotatable bonds is 9. The summed E-state index contributed by atoms with van der Waals surface area (Å²) in [6.45, 7) is 2.86. The van der Waals surface area contributed by atoms with E-state index in [-0.39, 0.29) is 17.9 Å². The second kappa shape index (κ2) is 11.0. The molecular formula is C22H29N3O3S. The number of para-hydroxylation sites is 1. The Hall–Kier alpha value is -2.38. The van der Waals surface area contributed by atoms with Crippen LogP contribution >= 0.6 is 11.3 Å². The van der Waals surface area contributed by atoms with E-state index in [9.17, 15) is 9.59 Å². The lowest BCUT2D eigenvalue weighted by atomic mass is 10.0. The minimum atomic E-state index is -0.0527. The maximum Gasteiger partial charge on any atom is 0.253 e. The van der Waals surface area contributed by atoms with Crippen molar-refractivity contribution < 1.29 is 14.3 Å². The van der Waals surface area contributed by atoms with Gasteiger partial charge >= 0.3 is 0 Å². The van der Waals surface area contributed by atoms with Gasteiger partial charge in [-0.15, -0.1) is 11.3 Å². The Bertz CT molecular complexity index is 786. The highest BCUT2D eigenvalue weighted by molar-refractivity contribution is 7.10. The van der Waals surface area contributed by atoms with Crippen molar-refractivity contribution in [2.24, 2.45) is 0 Å². The molecule has 0 atom stereocenters. The summed E-state index contributed by atoms with van der Waals surface area (Å²) in [6.07, 6.45) is 2.99. The first-order valence-corrected chi connectivity index (χ1v) is 11.0. The number of ether oxygens (including phenoxy) is 1. The van der Waals surface area contributed by atoms with Gasteiger partial charge in [0.05, 0.1) is 12.0 Å². The molecule has 0 saturated carbocycles. The Labute approximate surface area is 176 Å². The molecule has 156 valence electrons. The predicted molar refractivity (Wildman–Crippen MR) is 117 cm³/mol. The van der Waals surface area contributed by atoms with E-state index >= 15 is 0 Å². The van der Waals surface area contributed by atoms with E-state index in [1.807, 2.05) is 41.8 Å². The largest absolute Gasteiger partial charge is 0.385 e. The smallest absolute Gasteiger partial charge is 0.253 e. The number of piperidine rings is 1. The Morgan fingerprint density at radius 2 is 1.97 bits per heavy atom. The highest BCUT2D eigenvalue weighted by atomic mass is 32.1. The van der Waals surface area contributed by atoms with Crippen LogP contribution in [0.5, 0.6) is 0 Å². The van der Waals surface area contributed by atoms with Gasteiger partial charge in [-0.25, -0.2) is 0 Å². The Morgan fingerprint density at radius 3 is 2.69 bits per heavy atom. The Kier molecular flexibility index (Phi) is 8.07. The summed E-state index contributed by atoms with van der Waals surface area (Å²) < 4.78 is 5.03. The Balaban J connectivity index is 1.51. The molecule has 0 spiro atoms. The van der Waals surface area contributed by atoms with E-state index in [0.29, 0.717) is 25.1 Å². The molecule has 2 aromatic rings. The van der Waals surface area contributed by atoms with Crippen molar-refractivity contribution in [3.8, 4) is 0 Å². The zero-order valence-corrected chi connectivity index (χ0v) is 17.7. The molecule has 1 fully saturated rings. The van der Waals surface area contributed by atoms with Crippen molar-refractivity contribution >= 4 is 28.8 Å². The molecule has 3 rings (SSSR count). The fraction of sp³-hybridized carbons (Fsp3) is 0.455. The van der Waals surface area contributed by atoms with Crippen LogP contribution in [0.25, 0.3) is 0 Å². The van der Waals surface area contributed by atoms with E-state index in [1.165, 1.54) is 0 Å². The molecular weight excluding hydrogens is 386 g/mol. The predicted octanol–water partition coefficient (Wildman–Crippen LogP) is 2.84. The van der Waals surface area contributed by atoms with Crippen molar-refractivity contribution in [2.45, 2.75) is 31.7 Å². The monoisotopic (exact) mass is 415 g/mol. The van der Waals surface area contributed by atoms with Gasteiger partial charge in [0.2, 0.25) is 5.91 Å². The number of nitrogens with zero attached hydrogens (tertiary/aromatic N) is 1. The number of thiophene rings is 1. The summed E-state index contributed by atoms with van der Waals surface area (Å²) in [5, 5.41) is 8.12. The number of carbonyl (C=O) groups is 2. The summed E-state index contributed by atoms with van der Waals surface area (Å²) in [6, 6.07) is 11.9. The molecule has 1 aromatic heterocycles.